The second kappa shape index (κ2) is 6.54. The van der Waals surface area contributed by atoms with Crippen LogP contribution in [-0.4, -0.2) is 22.2 Å². The first-order valence-electron chi connectivity index (χ1n) is 7.46. The number of para-hydroxylation sites is 1. The molecular formula is C18H17N3O3. The van der Waals surface area contributed by atoms with Crippen molar-refractivity contribution in [1.29, 1.82) is 0 Å². The molecule has 0 aliphatic carbocycles. The topological polar surface area (TPSA) is 76.2 Å². The van der Waals surface area contributed by atoms with Crippen molar-refractivity contribution in [2.24, 2.45) is 17.3 Å². The lowest BCUT2D eigenvalue weighted by atomic mass is 10.2. The molecule has 0 saturated carbocycles. The molecule has 3 rings (SSSR count). The van der Waals surface area contributed by atoms with Gasteiger partial charge in [-0.2, -0.15) is 0 Å². The molecule has 6 nitrogen and oxygen atoms in total. The van der Waals surface area contributed by atoms with E-state index >= 15 is 0 Å². The number of azo groups is 1. The summed E-state index contributed by atoms with van der Waals surface area (Å²) in [6.45, 7) is 1.76. The van der Waals surface area contributed by atoms with Crippen LogP contribution in [0, 0.1) is 6.92 Å². The molecule has 0 aliphatic heterocycles. The van der Waals surface area contributed by atoms with E-state index in [4.69, 9.17) is 4.74 Å². The molecule has 0 atom stereocenters. The standard InChI is InChI=1S/C18H17N3O3/c1-12-7-9-13(10-8-12)24-11-16(22)19-20-17-14-5-3-4-6-15(14)21(2)18(17)23/h3-10,23H,11H2,1-2H3. The highest BCUT2D eigenvalue weighted by molar-refractivity contribution is 5.95. The molecule has 0 fully saturated rings. The van der Waals surface area contributed by atoms with Gasteiger partial charge < -0.3 is 14.4 Å². The summed E-state index contributed by atoms with van der Waals surface area (Å²) in [6.07, 6.45) is 0. The molecule has 0 bridgehead atoms. The summed E-state index contributed by atoms with van der Waals surface area (Å²) in [5, 5.41) is 18.4. The van der Waals surface area contributed by atoms with E-state index in [9.17, 15) is 9.90 Å². The Morgan fingerprint density at radius 2 is 1.88 bits per heavy atom. The van der Waals surface area contributed by atoms with Gasteiger partial charge in [0.15, 0.2) is 12.3 Å². The van der Waals surface area contributed by atoms with Crippen molar-refractivity contribution < 1.29 is 14.6 Å². The first kappa shape index (κ1) is 15.7. The zero-order valence-corrected chi connectivity index (χ0v) is 13.4. The molecule has 0 saturated heterocycles. The highest BCUT2D eigenvalue weighted by Gasteiger charge is 2.14. The van der Waals surface area contributed by atoms with Crippen LogP contribution in [0.3, 0.4) is 0 Å². The molecule has 0 aliphatic rings. The van der Waals surface area contributed by atoms with E-state index < -0.39 is 5.91 Å². The van der Waals surface area contributed by atoms with Gasteiger partial charge in [-0.25, -0.2) is 0 Å². The molecule has 1 N–H and O–H groups in total. The van der Waals surface area contributed by atoms with Crippen LogP contribution in [0.15, 0.2) is 58.8 Å². The lowest BCUT2D eigenvalue weighted by molar-refractivity contribution is -0.120. The van der Waals surface area contributed by atoms with E-state index in [1.165, 1.54) is 0 Å². The zero-order valence-electron chi connectivity index (χ0n) is 13.4. The summed E-state index contributed by atoms with van der Waals surface area (Å²) in [6, 6.07) is 14.7. The summed E-state index contributed by atoms with van der Waals surface area (Å²) in [4.78, 5) is 11.8. The largest absolute Gasteiger partial charge is 0.493 e. The fourth-order valence-corrected chi connectivity index (χ4v) is 2.37. The van der Waals surface area contributed by atoms with Crippen LogP contribution in [0.5, 0.6) is 11.6 Å². The number of fused-ring (bicyclic) bond motifs is 1. The smallest absolute Gasteiger partial charge is 0.302 e. The third kappa shape index (κ3) is 3.12. The number of hydrogen-bond acceptors (Lipinski definition) is 4. The van der Waals surface area contributed by atoms with Crippen molar-refractivity contribution in [3.63, 3.8) is 0 Å². The third-order valence-corrected chi connectivity index (χ3v) is 3.69. The maximum absolute atomic E-state index is 11.8. The lowest BCUT2D eigenvalue weighted by Gasteiger charge is -2.02. The molecule has 0 spiro atoms. The minimum atomic E-state index is -0.525. The number of carbonyl (C=O) groups excluding carboxylic acids is 1. The van der Waals surface area contributed by atoms with Crippen molar-refractivity contribution in [3.05, 3.63) is 54.1 Å². The number of aromatic nitrogens is 1. The Bertz CT molecular complexity index is 911. The summed E-state index contributed by atoms with van der Waals surface area (Å²) in [7, 11) is 1.72. The minimum absolute atomic E-state index is 0.0350. The predicted molar refractivity (Wildman–Crippen MR) is 90.8 cm³/mol. The van der Waals surface area contributed by atoms with Crippen molar-refractivity contribution in [2.45, 2.75) is 6.92 Å². The molecule has 1 heterocycles. The van der Waals surface area contributed by atoms with Crippen LogP contribution in [0.1, 0.15) is 5.56 Å². The van der Waals surface area contributed by atoms with Gasteiger partial charge in [0.1, 0.15) is 5.75 Å². The van der Waals surface area contributed by atoms with Crippen LogP contribution in [0.2, 0.25) is 0 Å². The van der Waals surface area contributed by atoms with Crippen LogP contribution in [-0.2, 0) is 11.8 Å². The van der Waals surface area contributed by atoms with Gasteiger partial charge in [-0.15, -0.1) is 10.2 Å². The monoisotopic (exact) mass is 323 g/mol. The van der Waals surface area contributed by atoms with E-state index in [-0.39, 0.29) is 18.2 Å². The number of benzene rings is 2. The van der Waals surface area contributed by atoms with Gasteiger partial charge in [0.25, 0.3) is 0 Å². The second-order valence-corrected chi connectivity index (χ2v) is 5.44. The van der Waals surface area contributed by atoms with Crippen molar-refractivity contribution in [3.8, 4) is 11.6 Å². The Labute approximate surface area is 139 Å². The predicted octanol–water partition coefficient (Wildman–Crippen LogP) is 3.88. The molecule has 0 radical (unpaired) electrons. The second-order valence-electron chi connectivity index (χ2n) is 5.44. The fourth-order valence-electron chi connectivity index (χ4n) is 2.37. The number of aromatic hydroxyl groups is 1. The SMILES string of the molecule is Cc1ccc(OCC(=O)N=Nc2c(O)n(C)c3ccccc23)cc1. The highest BCUT2D eigenvalue weighted by Crippen LogP contribution is 2.37. The number of aryl methyl sites for hydroxylation is 2. The first-order chi connectivity index (χ1) is 11.6. The van der Waals surface area contributed by atoms with Crippen molar-refractivity contribution >= 4 is 22.5 Å². The van der Waals surface area contributed by atoms with E-state index in [1.54, 1.807) is 23.7 Å². The molecule has 3 aromatic rings. The lowest BCUT2D eigenvalue weighted by Crippen LogP contribution is -2.07. The van der Waals surface area contributed by atoms with Crippen LogP contribution < -0.4 is 4.74 Å². The summed E-state index contributed by atoms with van der Waals surface area (Å²) in [5.74, 6) is 0.0345. The number of hydrogen-bond donors (Lipinski definition) is 1. The average Bonchev–Trinajstić information content (AvgIpc) is 2.84. The number of nitrogens with zero attached hydrogens (tertiary/aromatic N) is 3. The highest BCUT2D eigenvalue weighted by atomic mass is 16.5. The summed E-state index contributed by atoms with van der Waals surface area (Å²) < 4.78 is 6.96. The molecule has 122 valence electrons. The molecule has 2 aromatic carbocycles. The van der Waals surface area contributed by atoms with Gasteiger partial charge in [-0.05, 0) is 25.1 Å². The Morgan fingerprint density at radius 3 is 2.62 bits per heavy atom. The number of ether oxygens (including phenoxy) is 1. The van der Waals surface area contributed by atoms with Crippen molar-refractivity contribution in [2.75, 3.05) is 6.61 Å². The van der Waals surface area contributed by atoms with Crippen LogP contribution in [0.25, 0.3) is 10.9 Å². The fraction of sp³-hybridized carbons (Fsp3) is 0.167. The van der Waals surface area contributed by atoms with E-state index in [0.717, 1.165) is 16.5 Å². The van der Waals surface area contributed by atoms with E-state index in [0.29, 0.717) is 5.75 Å². The maximum atomic E-state index is 11.8. The Balaban J connectivity index is 1.72. The average molecular weight is 323 g/mol. The number of carbonyl (C=O) groups is 1. The normalized spacial score (nSPS) is 11.2. The van der Waals surface area contributed by atoms with Gasteiger partial charge in [0, 0.05) is 12.4 Å². The molecule has 0 unspecified atom stereocenters. The number of amides is 1. The van der Waals surface area contributed by atoms with Gasteiger partial charge in [0.2, 0.25) is 5.88 Å². The Morgan fingerprint density at radius 1 is 1.17 bits per heavy atom. The van der Waals surface area contributed by atoms with Gasteiger partial charge in [-0.1, -0.05) is 35.9 Å². The maximum Gasteiger partial charge on any atom is 0.302 e. The first-order valence-corrected chi connectivity index (χ1v) is 7.46. The molecule has 1 amide bonds. The number of rotatable bonds is 4. The van der Waals surface area contributed by atoms with Gasteiger partial charge in [-0.3, -0.25) is 4.79 Å². The van der Waals surface area contributed by atoms with E-state index in [2.05, 4.69) is 10.2 Å². The third-order valence-electron chi connectivity index (χ3n) is 3.69. The molecular weight excluding hydrogens is 306 g/mol. The minimum Gasteiger partial charge on any atom is -0.493 e. The zero-order chi connectivity index (χ0) is 17.1. The molecule has 24 heavy (non-hydrogen) atoms. The van der Waals surface area contributed by atoms with Crippen LogP contribution in [0.4, 0.5) is 5.69 Å². The Hall–Kier alpha value is -3.15. The molecule has 6 heteroatoms. The summed E-state index contributed by atoms with van der Waals surface area (Å²) in [5.41, 5.74) is 2.20. The van der Waals surface area contributed by atoms with E-state index in [1.807, 2.05) is 43.3 Å². The Kier molecular flexibility index (Phi) is 4.29. The quantitative estimate of drug-likeness (QED) is 0.740. The van der Waals surface area contributed by atoms with Gasteiger partial charge in [0.05, 0.1) is 5.52 Å². The summed E-state index contributed by atoms with van der Waals surface area (Å²) >= 11 is 0. The molecule has 1 aromatic heterocycles. The van der Waals surface area contributed by atoms with Crippen LogP contribution >= 0.6 is 0 Å². The van der Waals surface area contributed by atoms with Crippen molar-refractivity contribution in [1.82, 2.24) is 4.57 Å². The van der Waals surface area contributed by atoms with Gasteiger partial charge >= 0.3 is 5.91 Å².